The molecule has 0 bridgehead atoms. The lowest BCUT2D eigenvalue weighted by Gasteiger charge is -2.18. The van der Waals surface area contributed by atoms with Crippen LogP contribution < -0.4 is 24.3 Å². The zero-order valence-electron chi connectivity index (χ0n) is 17.0. The van der Waals surface area contributed by atoms with Crippen molar-refractivity contribution in [3.05, 3.63) is 60.2 Å². The molecule has 0 aliphatic rings. The van der Waals surface area contributed by atoms with E-state index >= 15 is 0 Å². The molecule has 0 saturated carbocycles. The average molecular weight is 395 g/mol. The molecule has 29 heavy (non-hydrogen) atoms. The molecule has 1 N–H and O–H groups in total. The van der Waals surface area contributed by atoms with E-state index in [1.807, 2.05) is 48.5 Å². The molecule has 6 heteroatoms. The molecule has 3 aromatic rings. The van der Waals surface area contributed by atoms with E-state index in [0.717, 1.165) is 16.3 Å². The van der Waals surface area contributed by atoms with Gasteiger partial charge in [-0.1, -0.05) is 30.3 Å². The Kier molecular flexibility index (Phi) is 6.44. The van der Waals surface area contributed by atoms with Gasteiger partial charge in [0.05, 0.1) is 21.3 Å². The molecule has 6 nitrogen and oxygen atoms in total. The Labute approximate surface area is 170 Å². The minimum absolute atomic E-state index is 0.227. The van der Waals surface area contributed by atoms with Gasteiger partial charge in [0.25, 0.3) is 5.91 Å². The van der Waals surface area contributed by atoms with Crippen molar-refractivity contribution in [3.8, 4) is 23.0 Å². The minimum Gasteiger partial charge on any atom is -0.493 e. The highest BCUT2D eigenvalue weighted by Gasteiger charge is 2.19. The number of hydrogen-bond acceptors (Lipinski definition) is 5. The number of nitrogens with one attached hydrogen (secondary N) is 1. The van der Waals surface area contributed by atoms with Crippen molar-refractivity contribution in [1.29, 1.82) is 0 Å². The van der Waals surface area contributed by atoms with Crippen molar-refractivity contribution >= 4 is 16.7 Å². The number of methoxy groups -OCH3 is 3. The summed E-state index contributed by atoms with van der Waals surface area (Å²) >= 11 is 0. The Bertz CT molecular complexity index is 1000. The first kappa shape index (κ1) is 20.3. The molecule has 152 valence electrons. The number of fused-ring (bicyclic) bond motifs is 1. The Morgan fingerprint density at radius 3 is 2.31 bits per heavy atom. The third-order valence-electron chi connectivity index (χ3n) is 4.64. The van der Waals surface area contributed by atoms with Crippen LogP contribution in [-0.2, 0) is 11.3 Å². The summed E-state index contributed by atoms with van der Waals surface area (Å²) in [5.41, 5.74) is 0.774. The van der Waals surface area contributed by atoms with Crippen molar-refractivity contribution in [1.82, 2.24) is 5.32 Å². The lowest BCUT2D eigenvalue weighted by atomic mass is 10.1. The van der Waals surface area contributed by atoms with E-state index in [4.69, 9.17) is 18.9 Å². The van der Waals surface area contributed by atoms with E-state index in [-0.39, 0.29) is 12.5 Å². The molecule has 1 unspecified atom stereocenters. The molecule has 0 heterocycles. The van der Waals surface area contributed by atoms with Gasteiger partial charge in [-0.15, -0.1) is 0 Å². The van der Waals surface area contributed by atoms with Crippen LogP contribution in [0, 0.1) is 0 Å². The van der Waals surface area contributed by atoms with Gasteiger partial charge >= 0.3 is 0 Å². The van der Waals surface area contributed by atoms with E-state index in [1.165, 1.54) is 0 Å². The van der Waals surface area contributed by atoms with Crippen LogP contribution >= 0.6 is 0 Å². The van der Waals surface area contributed by atoms with Crippen molar-refractivity contribution in [2.75, 3.05) is 21.3 Å². The largest absolute Gasteiger partial charge is 0.493 e. The van der Waals surface area contributed by atoms with Gasteiger partial charge in [-0.05, 0) is 42.0 Å². The Morgan fingerprint density at radius 2 is 1.62 bits per heavy atom. The Hall–Kier alpha value is -3.41. The fraction of sp³-hybridized carbons (Fsp3) is 0.261. The summed E-state index contributed by atoms with van der Waals surface area (Å²) in [4.78, 5) is 12.5. The quantitative estimate of drug-likeness (QED) is 0.626. The van der Waals surface area contributed by atoms with E-state index in [1.54, 1.807) is 34.3 Å². The number of carbonyl (C=O) groups is 1. The maximum Gasteiger partial charge on any atom is 0.261 e. The highest BCUT2D eigenvalue weighted by atomic mass is 16.5. The van der Waals surface area contributed by atoms with Gasteiger partial charge in [0.1, 0.15) is 5.75 Å². The second-order valence-electron chi connectivity index (χ2n) is 6.48. The van der Waals surface area contributed by atoms with Gasteiger partial charge in [0, 0.05) is 12.1 Å². The number of rotatable bonds is 8. The molecule has 3 aromatic carbocycles. The Balaban J connectivity index is 1.66. The topological polar surface area (TPSA) is 66.0 Å². The van der Waals surface area contributed by atoms with Crippen molar-refractivity contribution in [3.63, 3.8) is 0 Å². The fourth-order valence-corrected chi connectivity index (χ4v) is 3.13. The molecule has 0 aliphatic carbocycles. The monoisotopic (exact) mass is 395 g/mol. The first-order valence-electron chi connectivity index (χ1n) is 9.28. The summed E-state index contributed by atoms with van der Waals surface area (Å²) in [6.07, 6.45) is -0.651. The first-order chi connectivity index (χ1) is 14.1. The molecule has 0 radical (unpaired) electrons. The van der Waals surface area contributed by atoms with Gasteiger partial charge < -0.3 is 24.3 Å². The smallest absolute Gasteiger partial charge is 0.261 e. The number of benzene rings is 3. The molecule has 0 spiro atoms. The van der Waals surface area contributed by atoms with Crippen molar-refractivity contribution in [2.24, 2.45) is 0 Å². The van der Waals surface area contributed by atoms with Crippen LogP contribution in [0.4, 0.5) is 0 Å². The van der Waals surface area contributed by atoms with Crippen LogP contribution in [0.3, 0.4) is 0 Å². The van der Waals surface area contributed by atoms with Crippen LogP contribution in [0.2, 0.25) is 0 Å². The van der Waals surface area contributed by atoms with Crippen LogP contribution in [-0.4, -0.2) is 33.3 Å². The highest BCUT2D eigenvalue weighted by molar-refractivity contribution is 5.84. The molecule has 0 aliphatic heterocycles. The zero-order valence-corrected chi connectivity index (χ0v) is 17.0. The number of amides is 1. The third kappa shape index (κ3) is 4.54. The summed E-state index contributed by atoms with van der Waals surface area (Å²) in [5, 5.41) is 5.06. The van der Waals surface area contributed by atoms with Gasteiger partial charge in [0.15, 0.2) is 17.6 Å². The van der Waals surface area contributed by atoms with Crippen LogP contribution in [0.15, 0.2) is 54.6 Å². The standard InChI is InChI=1S/C23H25NO5/c1-15(29-19-11-9-16-7-5-6-8-17(16)13-19)23(25)24-14-18-10-12-20(26-2)22(28-4)21(18)27-3/h5-13,15H,14H2,1-4H3,(H,24,25). The molecule has 0 saturated heterocycles. The predicted octanol–water partition coefficient (Wildman–Crippen LogP) is 3.95. The van der Waals surface area contributed by atoms with E-state index < -0.39 is 6.10 Å². The van der Waals surface area contributed by atoms with Gasteiger partial charge in [-0.2, -0.15) is 0 Å². The molecular weight excluding hydrogens is 370 g/mol. The summed E-state index contributed by atoms with van der Waals surface area (Å²) < 4.78 is 21.9. The molecule has 0 fully saturated rings. The van der Waals surface area contributed by atoms with E-state index in [0.29, 0.717) is 23.0 Å². The van der Waals surface area contributed by atoms with Crippen molar-refractivity contribution < 1.29 is 23.7 Å². The van der Waals surface area contributed by atoms with Crippen LogP contribution in [0.1, 0.15) is 12.5 Å². The second-order valence-corrected chi connectivity index (χ2v) is 6.48. The fourth-order valence-electron chi connectivity index (χ4n) is 3.13. The van der Waals surface area contributed by atoms with Crippen molar-refractivity contribution in [2.45, 2.75) is 19.6 Å². The molecule has 3 rings (SSSR count). The maximum absolute atomic E-state index is 12.5. The van der Waals surface area contributed by atoms with Gasteiger partial charge in [-0.25, -0.2) is 0 Å². The lowest BCUT2D eigenvalue weighted by molar-refractivity contribution is -0.127. The molecule has 0 aromatic heterocycles. The zero-order chi connectivity index (χ0) is 20.8. The van der Waals surface area contributed by atoms with Gasteiger partial charge in [-0.3, -0.25) is 4.79 Å². The van der Waals surface area contributed by atoms with E-state index in [2.05, 4.69) is 5.32 Å². The molecule has 1 amide bonds. The average Bonchev–Trinajstić information content (AvgIpc) is 2.76. The number of ether oxygens (including phenoxy) is 4. The number of carbonyl (C=O) groups excluding carboxylic acids is 1. The lowest BCUT2D eigenvalue weighted by Crippen LogP contribution is -2.36. The third-order valence-corrected chi connectivity index (χ3v) is 4.64. The maximum atomic E-state index is 12.5. The molecule has 1 atom stereocenters. The summed E-state index contributed by atoms with van der Waals surface area (Å²) in [6.45, 7) is 1.99. The predicted molar refractivity (Wildman–Crippen MR) is 112 cm³/mol. The minimum atomic E-state index is -0.651. The SMILES string of the molecule is COc1ccc(CNC(=O)C(C)Oc2ccc3ccccc3c2)c(OC)c1OC. The second kappa shape index (κ2) is 9.19. The Morgan fingerprint density at radius 1 is 0.897 bits per heavy atom. The first-order valence-corrected chi connectivity index (χ1v) is 9.28. The number of hydrogen-bond donors (Lipinski definition) is 1. The summed E-state index contributed by atoms with van der Waals surface area (Å²) in [5.74, 6) is 2.00. The summed E-state index contributed by atoms with van der Waals surface area (Å²) in [6, 6.07) is 17.4. The van der Waals surface area contributed by atoms with Gasteiger partial charge in [0.2, 0.25) is 5.75 Å². The van der Waals surface area contributed by atoms with Crippen LogP contribution in [0.25, 0.3) is 10.8 Å². The van der Waals surface area contributed by atoms with Crippen LogP contribution in [0.5, 0.6) is 23.0 Å². The summed E-state index contributed by atoms with van der Waals surface area (Å²) in [7, 11) is 4.65. The highest BCUT2D eigenvalue weighted by Crippen LogP contribution is 2.39. The molecular formula is C23H25NO5. The normalized spacial score (nSPS) is 11.6. The van der Waals surface area contributed by atoms with E-state index in [9.17, 15) is 4.79 Å².